The molecule has 2 bridgehead atoms. The average molecular weight is 445 g/mol. The molecule has 2 fully saturated rings. The molecule has 1 amide bonds. The topological polar surface area (TPSA) is 38.3 Å². The third kappa shape index (κ3) is 4.11. The number of quaternary nitrogens is 1. The van der Waals surface area contributed by atoms with Crippen molar-refractivity contribution in [3.05, 3.63) is 54.1 Å². The van der Waals surface area contributed by atoms with Crippen molar-refractivity contribution in [2.24, 2.45) is 0 Å². The standard InChI is InChI=1S/C23H28N2O2.BrH/c1-16-9-12-21(17-7-5-4-6-8-17)22(13-16)24-23(26)27-20-14-18-10-11-19(15-20)25(18,2)3;/h4-9,12-13,18-20H,10-11,14-15H2,1-3H3;1H/t18-,19+,20?;. The number of benzene rings is 2. The fraction of sp³-hybridized carbons (Fsp3) is 0.435. The normalized spacial score (nSPS) is 24.9. The first-order chi connectivity index (χ1) is 12.9. The Kier molecular flexibility index (Phi) is 6.15. The first kappa shape index (κ1) is 20.9. The number of fused-ring (bicyclic) bond motifs is 2. The maximum atomic E-state index is 12.6. The van der Waals surface area contributed by atoms with Crippen molar-refractivity contribution >= 4 is 11.8 Å². The molecule has 4 rings (SSSR count). The lowest BCUT2D eigenvalue weighted by molar-refractivity contribution is -0.931. The van der Waals surface area contributed by atoms with Gasteiger partial charge in [0.1, 0.15) is 6.10 Å². The Morgan fingerprint density at radius 1 is 1.04 bits per heavy atom. The molecule has 2 aliphatic rings. The van der Waals surface area contributed by atoms with Gasteiger partial charge in [0.05, 0.1) is 31.9 Å². The van der Waals surface area contributed by atoms with Crippen LogP contribution in [0.5, 0.6) is 0 Å². The first-order valence-electron chi connectivity index (χ1n) is 9.90. The molecule has 2 aliphatic heterocycles. The van der Waals surface area contributed by atoms with Gasteiger partial charge in [-0.15, -0.1) is 0 Å². The number of halogens is 1. The number of hydrogen-bond acceptors (Lipinski definition) is 2. The minimum atomic E-state index is -0.339. The fourth-order valence-electron chi connectivity index (χ4n) is 4.85. The highest BCUT2D eigenvalue weighted by Crippen LogP contribution is 2.40. The molecule has 0 spiro atoms. The summed E-state index contributed by atoms with van der Waals surface area (Å²) in [4.78, 5) is 12.6. The molecule has 5 heteroatoms. The quantitative estimate of drug-likeness (QED) is 0.735. The van der Waals surface area contributed by atoms with Gasteiger partial charge in [0.15, 0.2) is 0 Å². The number of aryl methyl sites for hydroxylation is 1. The SMILES string of the molecule is Cc1ccc(-c2ccccc2)c(NC(=O)OC2C[C@H]3CC[C@@H](C2)[N+]3(C)C)c1.[Br-]. The zero-order valence-electron chi connectivity index (χ0n) is 16.8. The van der Waals surface area contributed by atoms with Crippen LogP contribution in [0.25, 0.3) is 11.1 Å². The van der Waals surface area contributed by atoms with Crippen molar-refractivity contribution < 1.29 is 31.0 Å². The van der Waals surface area contributed by atoms with Crippen LogP contribution in [0.2, 0.25) is 0 Å². The van der Waals surface area contributed by atoms with Gasteiger partial charge in [-0.05, 0) is 24.1 Å². The van der Waals surface area contributed by atoms with Gasteiger partial charge in [-0.2, -0.15) is 0 Å². The molecular weight excluding hydrogens is 416 g/mol. The molecule has 3 atom stereocenters. The van der Waals surface area contributed by atoms with Gasteiger partial charge in [0, 0.05) is 31.2 Å². The number of rotatable bonds is 3. The molecule has 0 saturated carbocycles. The van der Waals surface area contributed by atoms with Crippen LogP contribution in [-0.2, 0) is 4.74 Å². The summed E-state index contributed by atoms with van der Waals surface area (Å²) in [5, 5.41) is 3.00. The van der Waals surface area contributed by atoms with Crippen molar-refractivity contribution in [1.29, 1.82) is 0 Å². The number of nitrogens with zero attached hydrogens (tertiary/aromatic N) is 1. The lowest BCUT2D eigenvalue weighted by Crippen LogP contribution is -3.00. The summed E-state index contributed by atoms with van der Waals surface area (Å²) in [6.07, 6.45) is 4.12. The van der Waals surface area contributed by atoms with Gasteiger partial charge in [-0.3, -0.25) is 5.32 Å². The summed E-state index contributed by atoms with van der Waals surface area (Å²) in [5.41, 5.74) is 4.02. The lowest BCUT2D eigenvalue weighted by Gasteiger charge is -2.43. The van der Waals surface area contributed by atoms with E-state index in [2.05, 4.69) is 43.7 Å². The summed E-state index contributed by atoms with van der Waals surface area (Å²) >= 11 is 0. The molecular formula is C23H29BrN2O2. The highest BCUT2D eigenvalue weighted by atomic mass is 79.9. The van der Waals surface area contributed by atoms with E-state index in [0.717, 1.165) is 39.7 Å². The largest absolute Gasteiger partial charge is 1.00 e. The van der Waals surface area contributed by atoms with E-state index in [4.69, 9.17) is 4.74 Å². The van der Waals surface area contributed by atoms with Gasteiger partial charge >= 0.3 is 6.09 Å². The monoisotopic (exact) mass is 444 g/mol. The van der Waals surface area contributed by atoms with Crippen LogP contribution in [0.4, 0.5) is 10.5 Å². The molecule has 2 heterocycles. The van der Waals surface area contributed by atoms with Crippen LogP contribution >= 0.6 is 0 Å². The minimum Gasteiger partial charge on any atom is -1.00 e. The van der Waals surface area contributed by atoms with E-state index >= 15 is 0 Å². The highest BCUT2D eigenvalue weighted by molar-refractivity contribution is 5.91. The highest BCUT2D eigenvalue weighted by Gasteiger charge is 2.49. The van der Waals surface area contributed by atoms with Crippen molar-refractivity contribution in [2.45, 2.75) is 50.8 Å². The number of nitrogens with one attached hydrogen (secondary N) is 1. The van der Waals surface area contributed by atoms with Crippen molar-refractivity contribution in [3.63, 3.8) is 0 Å². The Morgan fingerprint density at radius 3 is 2.32 bits per heavy atom. The Morgan fingerprint density at radius 2 is 1.68 bits per heavy atom. The number of amides is 1. The molecule has 1 N–H and O–H groups in total. The Hall–Kier alpha value is -1.85. The second kappa shape index (κ2) is 8.26. The zero-order valence-corrected chi connectivity index (χ0v) is 18.4. The van der Waals surface area contributed by atoms with Crippen LogP contribution in [-0.4, -0.2) is 42.9 Å². The Bertz CT molecular complexity index is 822. The summed E-state index contributed by atoms with van der Waals surface area (Å²) in [7, 11) is 4.63. The minimum absolute atomic E-state index is 0. The molecule has 0 radical (unpaired) electrons. The van der Waals surface area contributed by atoms with Crippen molar-refractivity contribution in [3.8, 4) is 11.1 Å². The number of piperidine rings is 1. The predicted octanol–water partition coefficient (Wildman–Crippen LogP) is 1.98. The lowest BCUT2D eigenvalue weighted by atomic mass is 9.98. The molecule has 4 nitrogen and oxygen atoms in total. The van der Waals surface area contributed by atoms with Gasteiger partial charge in [0.2, 0.25) is 0 Å². The van der Waals surface area contributed by atoms with E-state index < -0.39 is 0 Å². The van der Waals surface area contributed by atoms with Crippen molar-refractivity contribution in [2.75, 3.05) is 19.4 Å². The molecule has 2 aromatic carbocycles. The Balaban J connectivity index is 0.00000225. The maximum absolute atomic E-state index is 12.6. The summed E-state index contributed by atoms with van der Waals surface area (Å²) < 4.78 is 6.92. The number of anilines is 1. The van der Waals surface area contributed by atoms with Gasteiger partial charge in [-0.25, -0.2) is 4.79 Å². The van der Waals surface area contributed by atoms with Crippen LogP contribution in [0, 0.1) is 6.92 Å². The smallest absolute Gasteiger partial charge is 0.411 e. The van der Waals surface area contributed by atoms with E-state index in [1.165, 1.54) is 12.8 Å². The second-order valence-corrected chi connectivity index (χ2v) is 8.55. The molecule has 0 aromatic heterocycles. The molecule has 1 unspecified atom stereocenters. The van der Waals surface area contributed by atoms with E-state index in [1.807, 2.05) is 31.2 Å². The Labute approximate surface area is 178 Å². The number of carbonyl (C=O) groups excluding carboxylic acids is 1. The molecule has 28 heavy (non-hydrogen) atoms. The third-order valence-electron chi connectivity index (χ3n) is 6.56. The zero-order chi connectivity index (χ0) is 19.0. The predicted molar refractivity (Wildman–Crippen MR) is 109 cm³/mol. The second-order valence-electron chi connectivity index (χ2n) is 8.55. The van der Waals surface area contributed by atoms with E-state index in [-0.39, 0.29) is 29.2 Å². The number of ether oxygens (including phenoxy) is 1. The number of carbonyl (C=O) groups is 1. The van der Waals surface area contributed by atoms with E-state index in [9.17, 15) is 4.79 Å². The number of hydrogen-bond donors (Lipinski definition) is 1. The molecule has 2 saturated heterocycles. The summed E-state index contributed by atoms with van der Waals surface area (Å²) in [6, 6.07) is 17.5. The van der Waals surface area contributed by atoms with Gasteiger partial charge in [-0.1, -0.05) is 42.5 Å². The average Bonchev–Trinajstić information content (AvgIpc) is 2.80. The van der Waals surface area contributed by atoms with Crippen molar-refractivity contribution in [1.82, 2.24) is 0 Å². The molecule has 150 valence electrons. The summed E-state index contributed by atoms with van der Waals surface area (Å²) in [6.45, 7) is 2.03. The van der Waals surface area contributed by atoms with Crippen LogP contribution in [0.15, 0.2) is 48.5 Å². The van der Waals surface area contributed by atoms with Crippen LogP contribution in [0.1, 0.15) is 31.2 Å². The molecule has 0 aliphatic carbocycles. The van der Waals surface area contributed by atoms with E-state index in [0.29, 0.717) is 12.1 Å². The summed E-state index contributed by atoms with van der Waals surface area (Å²) in [5.74, 6) is 0. The third-order valence-corrected chi connectivity index (χ3v) is 6.56. The van der Waals surface area contributed by atoms with Gasteiger partial charge in [0.25, 0.3) is 0 Å². The first-order valence-corrected chi connectivity index (χ1v) is 9.90. The maximum Gasteiger partial charge on any atom is 0.411 e. The van der Waals surface area contributed by atoms with Gasteiger partial charge < -0.3 is 26.2 Å². The molecule has 2 aromatic rings. The van der Waals surface area contributed by atoms with Crippen LogP contribution in [0.3, 0.4) is 0 Å². The van der Waals surface area contributed by atoms with E-state index in [1.54, 1.807) is 0 Å². The fourth-order valence-corrected chi connectivity index (χ4v) is 4.85. The van der Waals surface area contributed by atoms with Crippen LogP contribution < -0.4 is 22.3 Å².